The van der Waals surface area contributed by atoms with Crippen LogP contribution in [0, 0.1) is 11.2 Å². The van der Waals surface area contributed by atoms with Crippen LogP contribution in [-0.4, -0.2) is 24.2 Å². The van der Waals surface area contributed by atoms with Crippen molar-refractivity contribution in [2.24, 2.45) is 5.41 Å². The van der Waals surface area contributed by atoms with Gasteiger partial charge in [-0.05, 0) is 25.0 Å². The molecule has 1 aromatic rings. The van der Waals surface area contributed by atoms with Gasteiger partial charge in [0.25, 0.3) is 0 Å². The number of hydrogen-bond donors (Lipinski definition) is 1. The first kappa shape index (κ1) is 12.9. The third-order valence-corrected chi connectivity index (χ3v) is 4.09. The number of rotatable bonds is 4. The summed E-state index contributed by atoms with van der Waals surface area (Å²) in [7, 11) is 0. The number of nitrogens with zero attached hydrogens (tertiary/aromatic N) is 1. The lowest BCUT2D eigenvalue weighted by Gasteiger charge is -2.51. The molecular weight excluding hydrogens is 233 g/mol. The summed E-state index contributed by atoms with van der Waals surface area (Å²) in [5.41, 5.74) is 0.510. The minimum absolute atomic E-state index is 0.0517. The molecule has 0 bridgehead atoms. The lowest BCUT2D eigenvalue weighted by molar-refractivity contribution is 0.0695. The number of carboxylic acid groups (broad SMARTS) is 1. The molecule has 0 saturated carbocycles. The van der Waals surface area contributed by atoms with Crippen molar-refractivity contribution >= 4 is 11.7 Å². The number of para-hydroxylation sites is 1. The van der Waals surface area contributed by atoms with E-state index in [9.17, 15) is 9.18 Å². The summed E-state index contributed by atoms with van der Waals surface area (Å²) in [4.78, 5) is 13.0. The van der Waals surface area contributed by atoms with Crippen molar-refractivity contribution < 1.29 is 14.3 Å². The van der Waals surface area contributed by atoms with Crippen LogP contribution < -0.4 is 4.90 Å². The fraction of sp³-hybridized carbons (Fsp3) is 0.500. The molecule has 0 atom stereocenters. The molecule has 1 heterocycles. The van der Waals surface area contributed by atoms with E-state index in [2.05, 4.69) is 13.8 Å². The molecule has 98 valence electrons. The van der Waals surface area contributed by atoms with Gasteiger partial charge in [0.2, 0.25) is 0 Å². The first-order valence-corrected chi connectivity index (χ1v) is 6.30. The number of halogens is 1. The molecule has 1 aromatic carbocycles. The van der Waals surface area contributed by atoms with E-state index in [0.29, 0.717) is 0 Å². The second kappa shape index (κ2) is 4.59. The van der Waals surface area contributed by atoms with Crippen LogP contribution in [0.15, 0.2) is 18.2 Å². The molecule has 0 radical (unpaired) electrons. The van der Waals surface area contributed by atoms with Crippen LogP contribution in [0.5, 0.6) is 0 Å². The maximum Gasteiger partial charge on any atom is 0.337 e. The van der Waals surface area contributed by atoms with Crippen LogP contribution >= 0.6 is 0 Å². The molecule has 4 heteroatoms. The van der Waals surface area contributed by atoms with E-state index in [0.717, 1.165) is 25.9 Å². The highest BCUT2D eigenvalue weighted by atomic mass is 19.1. The Hall–Kier alpha value is -1.58. The van der Waals surface area contributed by atoms with Crippen LogP contribution in [0.4, 0.5) is 10.1 Å². The van der Waals surface area contributed by atoms with Gasteiger partial charge in [0.15, 0.2) is 0 Å². The summed E-state index contributed by atoms with van der Waals surface area (Å²) in [5, 5.41) is 9.11. The summed E-state index contributed by atoms with van der Waals surface area (Å²) in [6.45, 7) is 5.73. The molecule has 1 aliphatic rings. The average Bonchev–Trinajstić information content (AvgIpc) is 2.30. The predicted octanol–water partition coefficient (Wildman–Crippen LogP) is 3.15. The van der Waals surface area contributed by atoms with Crippen molar-refractivity contribution in [2.45, 2.75) is 26.7 Å². The van der Waals surface area contributed by atoms with Gasteiger partial charge in [-0.1, -0.05) is 19.9 Å². The fourth-order valence-corrected chi connectivity index (χ4v) is 2.63. The van der Waals surface area contributed by atoms with E-state index in [1.807, 2.05) is 4.90 Å². The number of aromatic carboxylic acids is 1. The standard InChI is InChI=1S/C14H18FNO2/c1-3-14(4-2)8-16(9-14)12-10(13(17)18)6-5-7-11(12)15/h5-7H,3-4,8-9H2,1-2H3,(H,17,18). The Bertz CT molecular complexity index is 461. The average molecular weight is 251 g/mol. The van der Waals surface area contributed by atoms with Crippen molar-refractivity contribution in [3.05, 3.63) is 29.6 Å². The van der Waals surface area contributed by atoms with Gasteiger partial charge in [-0.3, -0.25) is 0 Å². The molecule has 0 aliphatic carbocycles. The van der Waals surface area contributed by atoms with E-state index in [1.54, 1.807) is 0 Å². The van der Waals surface area contributed by atoms with Crippen LogP contribution in [-0.2, 0) is 0 Å². The van der Waals surface area contributed by atoms with Crippen molar-refractivity contribution in [3.63, 3.8) is 0 Å². The number of carboxylic acids is 1. The highest BCUT2D eigenvalue weighted by molar-refractivity contribution is 5.94. The molecule has 1 aliphatic heterocycles. The fourth-order valence-electron chi connectivity index (χ4n) is 2.63. The van der Waals surface area contributed by atoms with Gasteiger partial charge < -0.3 is 10.0 Å². The molecule has 3 nitrogen and oxygen atoms in total. The topological polar surface area (TPSA) is 40.5 Å². The molecule has 0 unspecified atom stereocenters. The Balaban J connectivity index is 2.29. The Morgan fingerprint density at radius 1 is 1.39 bits per heavy atom. The Morgan fingerprint density at radius 3 is 2.50 bits per heavy atom. The van der Waals surface area contributed by atoms with Gasteiger partial charge in [-0.15, -0.1) is 0 Å². The maximum atomic E-state index is 13.8. The van der Waals surface area contributed by atoms with Crippen LogP contribution in [0.25, 0.3) is 0 Å². The Morgan fingerprint density at radius 2 is 2.00 bits per heavy atom. The summed E-state index contributed by atoms with van der Waals surface area (Å²) in [6, 6.07) is 4.22. The number of anilines is 1. The first-order valence-electron chi connectivity index (χ1n) is 6.30. The minimum atomic E-state index is -1.07. The van der Waals surface area contributed by atoms with Gasteiger partial charge in [0.1, 0.15) is 5.82 Å². The number of hydrogen-bond acceptors (Lipinski definition) is 2. The Labute approximate surface area is 106 Å². The zero-order valence-electron chi connectivity index (χ0n) is 10.7. The third kappa shape index (κ3) is 1.96. The number of benzene rings is 1. The summed E-state index contributed by atoms with van der Waals surface area (Å²) in [6.07, 6.45) is 2.08. The summed E-state index contributed by atoms with van der Waals surface area (Å²) >= 11 is 0. The molecule has 2 rings (SSSR count). The van der Waals surface area contributed by atoms with E-state index in [-0.39, 0.29) is 16.7 Å². The van der Waals surface area contributed by atoms with Gasteiger partial charge in [-0.2, -0.15) is 0 Å². The monoisotopic (exact) mass is 251 g/mol. The molecule has 1 N–H and O–H groups in total. The van der Waals surface area contributed by atoms with Crippen molar-refractivity contribution in [1.29, 1.82) is 0 Å². The van der Waals surface area contributed by atoms with E-state index in [1.165, 1.54) is 18.2 Å². The maximum absolute atomic E-state index is 13.8. The van der Waals surface area contributed by atoms with Crippen LogP contribution in [0.1, 0.15) is 37.0 Å². The molecule has 1 saturated heterocycles. The minimum Gasteiger partial charge on any atom is -0.478 e. The molecular formula is C14H18FNO2. The first-order chi connectivity index (χ1) is 8.53. The quantitative estimate of drug-likeness (QED) is 0.893. The van der Waals surface area contributed by atoms with Gasteiger partial charge in [0, 0.05) is 18.5 Å². The normalized spacial score (nSPS) is 17.4. The highest BCUT2D eigenvalue weighted by Crippen LogP contribution is 2.41. The zero-order valence-corrected chi connectivity index (χ0v) is 10.7. The van der Waals surface area contributed by atoms with Crippen molar-refractivity contribution in [2.75, 3.05) is 18.0 Å². The smallest absolute Gasteiger partial charge is 0.337 e. The lowest BCUT2D eigenvalue weighted by atomic mass is 9.74. The lowest BCUT2D eigenvalue weighted by Crippen LogP contribution is -2.56. The van der Waals surface area contributed by atoms with Crippen LogP contribution in [0.3, 0.4) is 0 Å². The molecule has 18 heavy (non-hydrogen) atoms. The second-order valence-electron chi connectivity index (χ2n) is 5.00. The van der Waals surface area contributed by atoms with Gasteiger partial charge in [0.05, 0.1) is 11.3 Å². The summed E-state index contributed by atoms with van der Waals surface area (Å²) < 4.78 is 13.8. The van der Waals surface area contributed by atoms with E-state index < -0.39 is 11.8 Å². The summed E-state index contributed by atoms with van der Waals surface area (Å²) in [5.74, 6) is -1.52. The zero-order chi connectivity index (χ0) is 13.3. The molecule has 0 aromatic heterocycles. The molecule has 0 amide bonds. The van der Waals surface area contributed by atoms with Crippen molar-refractivity contribution in [1.82, 2.24) is 0 Å². The molecule has 0 spiro atoms. The van der Waals surface area contributed by atoms with E-state index >= 15 is 0 Å². The Kier molecular flexibility index (Phi) is 3.28. The van der Waals surface area contributed by atoms with Crippen LogP contribution in [0.2, 0.25) is 0 Å². The largest absolute Gasteiger partial charge is 0.478 e. The number of carbonyl (C=O) groups is 1. The third-order valence-electron chi connectivity index (χ3n) is 4.09. The van der Waals surface area contributed by atoms with Gasteiger partial charge >= 0.3 is 5.97 Å². The SMILES string of the molecule is CCC1(CC)CN(c2c(F)cccc2C(=O)O)C1. The highest BCUT2D eigenvalue weighted by Gasteiger charge is 2.41. The molecule has 1 fully saturated rings. The van der Waals surface area contributed by atoms with Gasteiger partial charge in [-0.25, -0.2) is 9.18 Å². The van der Waals surface area contributed by atoms with E-state index in [4.69, 9.17) is 5.11 Å². The second-order valence-corrected chi connectivity index (χ2v) is 5.00. The van der Waals surface area contributed by atoms with Crippen molar-refractivity contribution in [3.8, 4) is 0 Å². The predicted molar refractivity (Wildman–Crippen MR) is 68.6 cm³/mol.